The van der Waals surface area contributed by atoms with E-state index in [1.54, 1.807) is 14.1 Å². The number of halogens is 2. The molecule has 0 atom stereocenters. The summed E-state index contributed by atoms with van der Waals surface area (Å²) in [5.74, 6) is -1.01. The summed E-state index contributed by atoms with van der Waals surface area (Å²) in [7, 11) is -0.284. The third-order valence-electron chi connectivity index (χ3n) is 2.33. The van der Waals surface area contributed by atoms with Crippen LogP contribution in [0.15, 0.2) is 29.2 Å². The van der Waals surface area contributed by atoms with Gasteiger partial charge < -0.3 is 5.73 Å². The third-order valence-corrected chi connectivity index (χ3v) is 3.44. The molecule has 0 radical (unpaired) electrons. The fourth-order valence-corrected chi connectivity index (χ4v) is 2.16. The molecule has 1 amide bonds. The summed E-state index contributed by atoms with van der Waals surface area (Å²) in [6, 6.07) is 5.60. The van der Waals surface area contributed by atoms with Crippen molar-refractivity contribution in [2.45, 2.75) is 4.90 Å². The van der Waals surface area contributed by atoms with Crippen LogP contribution in [-0.4, -0.2) is 50.7 Å². The molecule has 0 aliphatic rings. The van der Waals surface area contributed by atoms with E-state index in [4.69, 9.17) is 11.1 Å². The molecule has 0 unspecified atom stereocenters. The Labute approximate surface area is 136 Å². The summed E-state index contributed by atoms with van der Waals surface area (Å²) in [6.07, 6.45) is 1.06. The molecule has 120 valence electrons. The zero-order valence-electron chi connectivity index (χ0n) is 11.7. The number of carbonyl (C=O) groups is 1. The standard InChI is InChI=1S/C11H16N4O3S.2ClH/c1-14(2)15(11(12)13)10(16)8-5-4-6-9(7-8)19(3,17)18;;/h4-7H,1-3H3,(H3,12,13);2*1H. The zero-order chi connectivity index (χ0) is 14.8. The van der Waals surface area contributed by atoms with Gasteiger partial charge in [-0.15, -0.1) is 24.8 Å². The molecule has 0 spiro atoms. The number of amides is 1. The van der Waals surface area contributed by atoms with Gasteiger partial charge in [-0.25, -0.2) is 18.4 Å². The Morgan fingerprint density at radius 1 is 1.24 bits per heavy atom. The van der Waals surface area contributed by atoms with Crippen LogP contribution >= 0.6 is 24.8 Å². The summed E-state index contributed by atoms with van der Waals surface area (Å²) in [5.41, 5.74) is 5.47. The fraction of sp³-hybridized carbons (Fsp3) is 0.273. The molecular weight excluding hydrogens is 339 g/mol. The van der Waals surface area contributed by atoms with Gasteiger partial charge in [-0.1, -0.05) is 6.07 Å². The van der Waals surface area contributed by atoms with Crippen LogP contribution < -0.4 is 5.73 Å². The quantitative estimate of drug-likeness (QED) is 0.471. The third kappa shape index (κ3) is 5.50. The Morgan fingerprint density at radius 2 is 1.76 bits per heavy atom. The molecule has 0 aliphatic carbocycles. The number of nitrogens with two attached hydrogens (primary N) is 1. The first-order valence-corrected chi connectivity index (χ1v) is 7.19. The predicted octanol–water partition coefficient (Wildman–Crippen LogP) is 0.746. The van der Waals surface area contributed by atoms with E-state index in [0.29, 0.717) is 0 Å². The number of rotatable bonds is 3. The maximum atomic E-state index is 12.2. The van der Waals surface area contributed by atoms with Gasteiger partial charge in [0, 0.05) is 25.9 Å². The van der Waals surface area contributed by atoms with Crippen molar-refractivity contribution in [3.05, 3.63) is 29.8 Å². The van der Waals surface area contributed by atoms with Crippen LogP contribution in [0.5, 0.6) is 0 Å². The predicted molar refractivity (Wildman–Crippen MR) is 85.8 cm³/mol. The highest BCUT2D eigenvalue weighted by atomic mass is 35.5. The highest BCUT2D eigenvalue weighted by molar-refractivity contribution is 7.90. The molecular formula is C11H18Cl2N4O3S. The molecule has 10 heteroatoms. The van der Waals surface area contributed by atoms with E-state index in [1.807, 2.05) is 0 Å². The van der Waals surface area contributed by atoms with E-state index < -0.39 is 21.7 Å². The number of sulfone groups is 1. The molecule has 0 bridgehead atoms. The number of hydrazine groups is 1. The molecule has 0 saturated carbocycles. The molecule has 3 N–H and O–H groups in total. The van der Waals surface area contributed by atoms with E-state index in [1.165, 1.54) is 29.3 Å². The Bertz CT molecular complexity index is 620. The molecule has 0 saturated heterocycles. The van der Waals surface area contributed by atoms with Gasteiger partial charge in [0.2, 0.25) is 5.96 Å². The minimum Gasteiger partial charge on any atom is -0.369 e. The Kier molecular flexibility index (Phi) is 8.55. The van der Waals surface area contributed by atoms with Crippen LogP contribution in [0.4, 0.5) is 0 Å². The SMILES string of the molecule is CN(C)N(C(=N)N)C(=O)c1cccc(S(C)(=O)=O)c1.Cl.Cl. The second-order valence-corrected chi connectivity index (χ2v) is 6.17. The van der Waals surface area contributed by atoms with Gasteiger partial charge in [0.05, 0.1) is 4.90 Å². The molecule has 7 nitrogen and oxygen atoms in total. The monoisotopic (exact) mass is 356 g/mol. The minimum atomic E-state index is -3.39. The van der Waals surface area contributed by atoms with Gasteiger partial charge in [0.15, 0.2) is 9.84 Å². The van der Waals surface area contributed by atoms with E-state index in [0.717, 1.165) is 11.3 Å². The number of guanidine groups is 1. The Hall–Kier alpha value is -1.35. The number of hydrogen-bond donors (Lipinski definition) is 2. The minimum absolute atomic E-state index is 0. The highest BCUT2D eigenvalue weighted by Gasteiger charge is 2.21. The summed E-state index contributed by atoms with van der Waals surface area (Å²) < 4.78 is 22.9. The van der Waals surface area contributed by atoms with Gasteiger partial charge >= 0.3 is 0 Å². The number of benzene rings is 1. The highest BCUT2D eigenvalue weighted by Crippen LogP contribution is 2.13. The first-order valence-electron chi connectivity index (χ1n) is 5.30. The van der Waals surface area contributed by atoms with Gasteiger partial charge in [-0.3, -0.25) is 10.2 Å². The van der Waals surface area contributed by atoms with Crippen molar-refractivity contribution in [1.29, 1.82) is 5.41 Å². The van der Waals surface area contributed by atoms with Gasteiger partial charge in [-0.05, 0) is 18.2 Å². The van der Waals surface area contributed by atoms with Gasteiger partial charge in [0.25, 0.3) is 5.91 Å². The van der Waals surface area contributed by atoms with Gasteiger partial charge in [-0.2, -0.15) is 0 Å². The van der Waals surface area contributed by atoms with Crippen LogP contribution in [0, 0.1) is 5.41 Å². The Morgan fingerprint density at radius 3 is 2.14 bits per heavy atom. The van der Waals surface area contributed by atoms with Crippen molar-refractivity contribution in [1.82, 2.24) is 10.0 Å². The molecule has 0 fully saturated rings. The maximum absolute atomic E-state index is 12.2. The summed E-state index contributed by atoms with van der Waals surface area (Å²) in [4.78, 5) is 12.2. The summed E-state index contributed by atoms with van der Waals surface area (Å²) in [6.45, 7) is 0. The lowest BCUT2D eigenvalue weighted by atomic mass is 10.2. The van der Waals surface area contributed by atoms with Crippen molar-refractivity contribution >= 4 is 46.5 Å². The summed E-state index contributed by atoms with van der Waals surface area (Å²) >= 11 is 0. The molecule has 1 aromatic carbocycles. The lowest BCUT2D eigenvalue weighted by Crippen LogP contribution is -2.49. The number of hydrogen-bond acceptors (Lipinski definition) is 5. The average Bonchev–Trinajstić information content (AvgIpc) is 2.27. The first-order chi connectivity index (χ1) is 8.64. The molecule has 1 aromatic rings. The smallest absolute Gasteiger partial charge is 0.275 e. The Balaban J connectivity index is 0. The second kappa shape index (κ2) is 8.18. The van der Waals surface area contributed by atoms with Crippen molar-refractivity contribution < 1.29 is 13.2 Å². The van der Waals surface area contributed by atoms with E-state index in [9.17, 15) is 13.2 Å². The second-order valence-electron chi connectivity index (χ2n) is 4.15. The number of carbonyl (C=O) groups excluding carboxylic acids is 1. The van der Waals surface area contributed by atoms with Crippen LogP contribution in [0.3, 0.4) is 0 Å². The van der Waals surface area contributed by atoms with Crippen LogP contribution in [0.2, 0.25) is 0 Å². The largest absolute Gasteiger partial charge is 0.369 e. The molecule has 0 aromatic heterocycles. The lowest BCUT2D eigenvalue weighted by Gasteiger charge is -2.26. The van der Waals surface area contributed by atoms with E-state index in [-0.39, 0.29) is 35.3 Å². The normalized spacial score (nSPS) is 10.3. The fourth-order valence-electron chi connectivity index (χ4n) is 1.49. The van der Waals surface area contributed by atoms with Crippen molar-refractivity contribution in [2.24, 2.45) is 5.73 Å². The molecule has 1 rings (SSSR count). The van der Waals surface area contributed by atoms with Gasteiger partial charge in [0.1, 0.15) is 0 Å². The number of nitrogens with zero attached hydrogens (tertiary/aromatic N) is 2. The van der Waals surface area contributed by atoms with E-state index in [2.05, 4.69) is 0 Å². The first kappa shape index (κ1) is 21.9. The average molecular weight is 357 g/mol. The zero-order valence-corrected chi connectivity index (χ0v) is 14.2. The maximum Gasteiger partial charge on any atom is 0.275 e. The molecule has 0 aliphatic heterocycles. The topological polar surface area (TPSA) is 108 Å². The number of nitrogens with one attached hydrogen (secondary N) is 1. The van der Waals surface area contributed by atoms with Crippen molar-refractivity contribution in [2.75, 3.05) is 20.4 Å². The van der Waals surface area contributed by atoms with Crippen LogP contribution in [-0.2, 0) is 9.84 Å². The van der Waals surface area contributed by atoms with Crippen LogP contribution in [0.25, 0.3) is 0 Å². The summed E-state index contributed by atoms with van der Waals surface area (Å²) in [5, 5.41) is 9.64. The van der Waals surface area contributed by atoms with E-state index >= 15 is 0 Å². The van der Waals surface area contributed by atoms with Crippen molar-refractivity contribution in [3.8, 4) is 0 Å². The van der Waals surface area contributed by atoms with Crippen molar-refractivity contribution in [3.63, 3.8) is 0 Å². The van der Waals surface area contributed by atoms with Crippen LogP contribution in [0.1, 0.15) is 10.4 Å². The lowest BCUT2D eigenvalue weighted by molar-refractivity contribution is 0.0524. The molecule has 0 heterocycles. The molecule has 21 heavy (non-hydrogen) atoms.